The number of hydrogen-bond donors (Lipinski definition) is 2. The van der Waals surface area contributed by atoms with Gasteiger partial charge >= 0.3 is 0 Å². The van der Waals surface area contributed by atoms with E-state index in [0.29, 0.717) is 17.0 Å². The van der Waals surface area contributed by atoms with E-state index in [0.717, 1.165) is 5.39 Å². The smallest absolute Gasteiger partial charge is 0.221 e. The molecule has 0 spiro atoms. The summed E-state index contributed by atoms with van der Waals surface area (Å²) in [5.41, 5.74) is 1.26. The van der Waals surface area contributed by atoms with Crippen molar-refractivity contribution in [3.05, 3.63) is 67.1 Å². The molecule has 27 heavy (non-hydrogen) atoms. The van der Waals surface area contributed by atoms with Crippen LogP contribution in [0.3, 0.4) is 0 Å². The number of carbonyl (C=O) groups excluding carboxylic acids is 1. The molecule has 1 aromatic carbocycles. The van der Waals surface area contributed by atoms with Crippen molar-refractivity contribution >= 4 is 38.2 Å². The Morgan fingerprint density at radius 3 is 2.59 bits per heavy atom. The van der Waals surface area contributed by atoms with Gasteiger partial charge in [-0.3, -0.25) is 9.78 Å². The van der Waals surface area contributed by atoms with E-state index in [4.69, 9.17) is 0 Å². The van der Waals surface area contributed by atoms with Gasteiger partial charge in [0, 0.05) is 30.4 Å². The van der Waals surface area contributed by atoms with Gasteiger partial charge in [-0.2, -0.15) is 0 Å². The van der Waals surface area contributed by atoms with Crippen LogP contribution in [-0.4, -0.2) is 30.0 Å². The van der Waals surface area contributed by atoms with E-state index in [9.17, 15) is 13.2 Å². The molecule has 8 heteroatoms. The minimum atomic E-state index is -3.48. The van der Waals surface area contributed by atoms with Gasteiger partial charge in [0.05, 0.1) is 10.6 Å². The number of sulfone groups is 1. The molecular weight excluding hydrogens is 364 g/mol. The molecule has 0 aliphatic heterocycles. The predicted octanol–water partition coefficient (Wildman–Crippen LogP) is 2.99. The summed E-state index contributed by atoms with van der Waals surface area (Å²) in [6.07, 6.45) is 6.39. The molecule has 2 N–H and O–H groups in total. The lowest BCUT2D eigenvalue weighted by atomic mass is 10.2. The molecule has 0 fully saturated rings. The van der Waals surface area contributed by atoms with E-state index in [1.54, 1.807) is 30.7 Å². The molecule has 3 rings (SSSR count). The molecule has 0 saturated carbocycles. The molecule has 1 amide bonds. The molecule has 0 saturated heterocycles. The summed E-state index contributed by atoms with van der Waals surface area (Å²) in [6.45, 7) is 1.39. The average molecular weight is 382 g/mol. The number of nitrogens with one attached hydrogen (secondary N) is 2. The third kappa shape index (κ3) is 4.68. The van der Waals surface area contributed by atoms with Crippen molar-refractivity contribution in [1.29, 1.82) is 0 Å². The van der Waals surface area contributed by atoms with E-state index in [2.05, 4.69) is 20.6 Å². The number of fused-ring (bicyclic) bond motifs is 1. The molecule has 0 aliphatic carbocycles. The second-order valence-electron chi connectivity index (χ2n) is 5.77. The van der Waals surface area contributed by atoms with Crippen LogP contribution < -0.4 is 10.6 Å². The molecule has 0 unspecified atom stereocenters. The Balaban J connectivity index is 1.67. The monoisotopic (exact) mass is 382 g/mol. The number of rotatable bonds is 6. The van der Waals surface area contributed by atoms with Crippen LogP contribution in [0.15, 0.2) is 72.0 Å². The van der Waals surface area contributed by atoms with E-state index < -0.39 is 9.84 Å². The summed E-state index contributed by atoms with van der Waals surface area (Å²) in [6, 6.07) is 11.7. The maximum Gasteiger partial charge on any atom is 0.221 e. The SMILES string of the molecule is CC(=O)Nc1ccc(S(=O)(=O)CC=CNc2nccc3cccnc23)cc1. The molecular formula is C19H18N4O3S. The second-order valence-corrected chi connectivity index (χ2v) is 7.80. The minimum Gasteiger partial charge on any atom is -0.345 e. The van der Waals surface area contributed by atoms with Gasteiger partial charge < -0.3 is 10.6 Å². The van der Waals surface area contributed by atoms with Crippen molar-refractivity contribution in [2.75, 3.05) is 16.4 Å². The Morgan fingerprint density at radius 2 is 1.85 bits per heavy atom. The first-order valence-corrected chi connectivity index (χ1v) is 9.83. The van der Waals surface area contributed by atoms with Crippen molar-refractivity contribution in [1.82, 2.24) is 9.97 Å². The Bertz CT molecular complexity index is 1090. The van der Waals surface area contributed by atoms with Crippen LogP contribution in [0.2, 0.25) is 0 Å². The highest BCUT2D eigenvalue weighted by molar-refractivity contribution is 7.91. The van der Waals surface area contributed by atoms with E-state index >= 15 is 0 Å². The van der Waals surface area contributed by atoms with Crippen molar-refractivity contribution in [2.45, 2.75) is 11.8 Å². The zero-order valence-corrected chi connectivity index (χ0v) is 15.4. The highest BCUT2D eigenvalue weighted by atomic mass is 32.2. The fraction of sp³-hybridized carbons (Fsp3) is 0.105. The van der Waals surface area contributed by atoms with E-state index in [-0.39, 0.29) is 16.6 Å². The number of benzene rings is 1. The summed E-state index contributed by atoms with van der Waals surface area (Å²) >= 11 is 0. The fourth-order valence-electron chi connectivity index (χ4n) is 2.47. The Hall–Kier alpha value is -3.26. The fourth-order valence-corrected chi connectivity index (χ4v) is 3.56. The van der Waals surface area contributed by atoms with Crippen LogP contribution in [-0.2, 0) is 14.6 Å². The van der Waals surface area contributed by atoms with Crippen LogP contribution in [0.5, 0.6) is 0 Å². The van der Waals surface area contributed by atoms with Crippen LogP contribution in [0.1, 0.15) is 6.92 Å². The quantitative estimate of drug-likeness (QED) is 0.680. The first-order valence-electron chi connectivity index (χ1n) is 8.17. The summed E-state index contributed by atoms with van der Waals surface area (Å²) in [7, 11) is -3.48. The van der Waals surface area contributed by atoms with Crippen molar-refractivity contribution in [3.63, 3.8) is 0 Å². The number of hydrogen-bond acceptors (Lipinski definition) is 6. The summed E-state index contributed by atoms with van der Waals surface area (Å²) in [5, 5.41) is 6.51. The van der Waals surface area contributed by atoms with Crippen molar-refractivity contribution < 1.29 is 13.2 Å². The number of anilines is 2. The van der Waals surface area contributed by atoms with Crippen LogP contribution in [0.25, 0.3) is 10.9 Å². The van der Waals surface area contributed by atoms with Gasteiger partial charge in [-0.1, -0.05) is 12.1 Å². The molecule has 2 aromatic heterocycles. The third-order valence-electron chi connectivity index (χ3n) is 3.71. The highest BCUT2D eigenvalue weighted by Crippen LogP contribution is 2.18. The first kappa shape index (κ1) is 18.5. The molecule has 7 nitrogen and oxygen atoms in total. The third-order valence-corrected chi connectivity index (χ3v) is 5.33. The molecule has 138 valence electrons. The van der Waals surface area contributed by atoms with Gasteiger partial charge in [0.15, 0.2) is 15.7 Å². The maximum atomic E-state index is 12.4. The summed E-state index contributed by atoms with van der Waals surface area (Å²) in [4.78, 5) is 19.7. The number of pyridine rings is 2. The Labute approximate surface area is 157 Å². The lowest BCUT2D eigenvalue weighted by Gasteiger charge is -2.05. The molecule has 0 bridgehead atoms. The van der Waals surface area contributed by atoms with Gasteiger partial charge in [0.25, 0.3) is 0 Å². The lowest BCUT2D eigenvalue weighted by Crippen LogP contribution is -2.07. The average Bonchev–Trinajstić information content (AvgIpc) is 2.65. The van der Waals surface area contributed by atoms with Gasteiger partial charge in [0.1, 0.15) is 5.52 Å². The standard InChI is InChI=1S/C19H18N4O3S/c1-14(24)23-16-5-7-17(8-6-16)27(25,26)13-3-11-21-19-18-15(9-12-22-19)4-2-10-20-18/h2-12H,13H2,1H3,(H,21,22)(H,23,24). The van der Waals surface area contributed by atoms with Crippen LogP contribution >= 0.6 is 0 Å². The summed E-state index contributed by atoms with van der Waals surface area (Å²) in [5.74, 6) is 0.176. The van der Waals surface area contributed by atoms with Crippen LogP contribution in [0, 0.1) is 0 Å². The minimum absolute atomic E-state index is 0.169. The van der Waals surface area contributed by atoms with Crippen LogP contribution in [0.4, 0.5) is 11.5 Å². The molecule has 0 atom stereocenters. The van der Waals surface area contributed by atoms with E-state index in [1.807, 2.05) is 18.2 Å². The Morgan fingerprint density at radius 1 is 1.07 bits per heavy atom. The second kappa shape index (κ2) is 7.96. The van der Waals surface area contributed by atoms with Crippen molar-refractivity contribution in [2.24, 2.45) is 0 Å². The molecule has 2 heterocycles. The van der Waals surface area contributed by atoms with Gasteiger partial charge in [-0.05, 0) is 42.6 Å². The van der Waals surface area contributed by atoms with Crippen molar-refractivity contribution in [3.8, 4) is 0 Å². The highest BCUT2D eigenvalue weighted by Gasteiger charge is 2.12. The summed E-state index contributed by atoms with van der Waals surface area (Å²) < 4.78 is 24.8. The van der Waals surface area contributed by atoms with Gasteiger partial charge in [-0.15, -0.1) is 0 Å². The number of carbonyl (C=O) groups is 1. The predicted molar refractivity (Wildman–Crippen MR) is 105 cm³/mol. The first-order chi connectivity index (χ1) is 13.0. The zero-order valence-electron chi connectivity index (χ0n) is 14.6. The largest absolute Gasteiger partial charge is 0.345 e. The molecule has 0 aliphatic rings. The zero-order chi connectivity index (χ0) is 19.3. The topological polar surface area (TPSA) is 101 Å². The molecule has 0 radical (unpaired) electrons. The normalized spacial score (nSPS) is 11.6. The Kier molecular flexibility index (Phi) is 5.46. The number of aromatic nitrogens is 2. The maximum absolute atomic E-state index is 12.4. The van der Waals surface area contributed by atoms with Gasteiger partial charge in [0.2, 0.25) is 5.91 Å². The van der Waals surface area contributed by atoms with Gasteiger partial charge in [-0.25, -0.2) is 13.4 Å². The number of amides is 1. The lowest BCUT2D eigenvalue weighted by molar-refractivity contribution is -0.114. The number of nitrogens with zero attached hydrogens (tertiary/aromatic N) is 2. The molecule has 3 aromatic rings. The van der Waals surface area contributed by atoms with E-state index in [1.165, 1.54) is 25.1 Å².